The summed E-state index contributed by atoms with van der Waals surface area (Å²) in [5, 5.41) is 4.28. The van der Waals surface area contributed by atoms with Crippen LogP contribution in [0.15, 0.2) is 42.7 Å². The molecule has 0 spiro atoms. The van der Waals surface area contributed by atoms with E-state index in [0.29, 0.717) is 19.6 Å². The van der Waals surface area contributed by atoms with Gasteiger partial charge in [-0.1, -0.05) is 30.3 Å². The van der Waals surface area contributed by atoms with Crippen LogP contribution in [-0.2, 0) is 22.5 Å². The average Bonchev–Trinajstić information content (AvgIpc) is 2.87. The lowest BCUT2D eigenvalue weighted by Crippen LogP contribution is -2.34. The van der Waals surface area contributed by atoms with Crippen LogP contribution in [0.1, 0.15) is 18.1 Å². The zero-order valence-electron chi connectivity index (χ0n) is 11.5. The van der Waals surface area contributed by atoms with Crippen LogP contribution in [0.25, 0.3) is 0 Å². The fraction of sp³-hybridized carbons (Fsp3) is 0.333. The number of hydrogen-bond acceptors (Lipinski definition) is 4. The molecule has 0 bridgehead atoms. The molecule has 0 aliphatic carbocycles. The van der Waals surface area contributed by atoms with Crippen LogP contribution in [0.4, 0.5) is 0 Å². The molecule has 0 radical (unpaired) electrons. The molecule has 1 aromatic carbocycles. The predicted molar refractivity (Wildman–Crippen MR) is 76.1 cm³/mol. The van der Waals surface area contributed by atoms with Crippen molar-refractivity contribution in [2.24, 2.45) is 5.73 Å². The third-order valence-corrected chi connectivity index (χ3v) is 2.92. The van der Waals surface area contributed by atoms with Crippen LogP contribution >= 0.6 is 0 Å². The van der Waals surface area contributed by atoms with E-state index in [0.717, 1.165) is 5.56 Å². The molecule has 1 heterocycles. The first-order valence-corrected chi connectivity index (χ1v) is 6.66. The highest BCUT2D eigenvalue weighted by atomic mass is 16.5. The van der Waals surface area contributed by atoms with Crippen molar-refractivity contribution in [2.75, 3.05) is 6.61 Å². The van der Waals surface area contributed by atoms with Gasteiger partial charge in [0.25, 0.3) is 0 Å². The smallest absolute Gasteiger partial charge is 0.323 e. The van der Waals surface area contributed by atoms with Crippen molar-refractivity contribution in [3.8, 4) is 0 Å². The number of carbonyl (C=O) groups is 1. The summed E-state index contributed by atoms with van der Waals surface area (Å²) in [6.45, 7) is 2.82. The van der Waals surface area contributed by atoms with Gasteiger partial charge in [0, 0.05) is 12.6 Å². The van der Waals surface area contributed by atoms with E-state index in [1.165, 1.54) is 5.56 Å². The van der Waals surface area contributed by atoms with Gasteiger partial charge in [0.15, 0.2) is 0 Å². The van der Waals surface area contributed by atoms with Gasteiger partial charge in [-0.3, -0.25) is 9.48 Å². The van der Waals surface area contributed by atoms with Gasteiger partial charge in [0.2, 0.25) is 0 Å². The highest BCUT2D eigenvalue weighted by molar-refractivity contribution is 5.75. The van der Waals surface area contributed by atoms with Crippen LogP contribution in [0, 0.1) is 0 Å². The molecule has 0 amide bonds. The Balaban J connectivity index is 1.94. The zero-order valence-corrected chi connectivity index (χ0v) is 11.5. The summed E-state index contributed by atoms with van der Waals surface area (Å²) in [5.41, 5.74) is 7.90. The Morgan fingerprint density at radius 3 is 2.80 bits per heavy atom. The molecule has 0 fully saturated rings. The van der Waals surface area contributed by atoms with E-state index >= 15 is 0 Å². The third kappa shape index (κ3) is 3.93. The van der Waals surface area contributed by atoms with Gasteiger partial charge >= 0.3 is 5.97 Å². The van der Waals surface area contributed by atoms with Crippen molar-refractivity contribution in [3.63, 3.8) is 0 Å². The van der Waals surface area contributed by atoms with Gasteiger partial charge in [-0.25, -0.2) is 0 Å². The second-order valence-corrected chi connectivity index (χ2v) is 4.59. The van der Waals surface area contributed by atoms with Gasteiger partial charge < -0.3 is 10.5 Å². The molecule has 20 heavy (non-hydrogen) atoms. The topological polar surface area (TPSA) is 70.1 Å². The molecule has 0 saturated carbocycles. The SMILES string of the molecule is CCOC(=O)C(N)Cc1cnn(Cc2ccccc2)c1. The van der Waals surface area contributed by atoms with Crippen LogP contribution in [0.5, 0.6) is 0 Å². The van der Waals surface area contributed by atoms with Gasteiger partial charge in [-0.05, 0) is 18.1 Å². The van der Waals surface area contributed by atoms with E-state index in [4.69, 9.17) is 10.5 Å². The molecule has 0 saturated heterocycles. The number of aromatic nitrogens is 2. The molecule has 2 aromatic rings. The Kier molecular flexibility index (Phi) is 4.90. The molecule has 0 aliphatic rings. The maximum atomic E-state index is 11.5. The van der Waals surface area contributed by atoms with Crippen molar-refractivity contribution in [1.82, 2.24) is 9.78 Å². The molecule has 1 aromatic heterocycles. The first kappa shape index (κ1) is 14.3. The van der Waals surface area contributed by atoms with Crippen molar-refractivity contribution < 1.29 is 9.53 Å². The number of rotatable bonds is 6. The molecular formula is C15H19N3O2. The molecule has 2 N–H and O–H groups in total. The summed E-state index contributed by atoms with van der Waals surface area (Å²) in [4.78, 5) is 11.5. The number of benzene rings is 1. The summed E-state index contributed by atoms with van der Waals surface area (Å²) >= 11 is 0. The quantitative estimate of drug-likeness (QED) is 0.807. The summed E-state index contributed by atoms with van der Waals surface area (Å²) in [6.07, 6.45) is 4.09. The second kappa shape index (κ2) is 6.86. The van der Waals surface area contributed by atoms with E-state index in [2.05, 4.69) is 5.10 Å². The Morgan fingerprint density at radius 1 is 1.35 bits per heavy atom. The van der Waals surface area contributed by atoms with Crippen molar-refractivity contribution in [3.05, 3.63) is 53.9 Å². The molecule has 1 unspecified atom stereocenters. The largest absolute Gasteiger partial charge is 0.465 e. The van der Waals surface area contributed by atoms with E-state index in [1.807, 2.05) is 41.2 Å². The van der Waals surface area contributed by atoms with Crippen molar-refractivity contribution >= 4 is 5.97 Å². The monoisotopic (exact) mass is 273 g/mol. The fourth-order valence-corrected chi connectivity index (χ4v) is 1.96. The maximum absolute atomic E-state index is 11.5. The zero-order chi connectivity index (χ0) is 14.4. The molecular weight excluding hydrogens is 254 g/mol. The number of nitrogens with two attached hydrogens (primary N) is 1. The maximum Gasteiger partial charge on any atom is 0.323 e. The average molecular weight is 273 g/mol. The molecule has 2 rings (SSSR count). The van der Waals surface area contributed by atoms with Gasteiger partial charge in [0.05, 0.1) is 19.3 Å². The normalized spacial score (nSPS) is 12.1. The lowest BCUT2D eigenvalue weighted by Gasteiger charge is -2.08. The van der Waals surface area contributed by atoms with Gasteiger partial charge in [-0.15, -0.1) is 0 Å². The Morgan fingerprint density at radius 2 is 2.10 bits per heavy atom. The van der Waals surface area contributed by atoms with Crippen LogP contribution in [0.2, 0.25) is 0 Å². The Bertz CT molecular complexity index is 551. The minimum absolute atomic E-state index is 0.347. The fourth-order valence-electron chi connectivity index (χ4n) is 1.96. The molecule has 5 heteroatoms. The van der Waals surface area contributed by atoms with Gasteiger partial charge in [0.1, 0.15) is 6.04 Å². The molecule has 1 atom stereocenters. The summed E-state index contributed by atoms with van der Waals surface area (Å²) in [5.74, 6) is -0.372. The predicted octanol–water partition coefficient (Wildman–Crippen LogP) is 1.36. The molecule has 0 aliphatic heterocycles. The number of carbonyl (C=O) groups excluding carboxylic acids is 1. The Hall–Kier alpha value is -2.14. The van der Waals surface area contributed by atoms with Crippen molar-refractivity contribution in [2.45, 2.75) is 25.9 Å². The third-order valence-electron chi connectivity index (χ3n) is 2.92. The Labute approximate surface area is 118 Å². The number of nitrogens with zero attached hydrogens (tertiary/aromatic N) is 2. The van der Waals surface area contributed by atoms with E-state index in [-0.39, 0.29) is 5.97 Å². The van der Waals surface area contributed by atoms with Crippen LogP contribution < -0.4 is 5.73 Å². The number of hydrogen-bond donors (Lipinski definition) is 1. The minimum atomic E-state index is -0.635. The first-order valence-electron chi connectivity index (χ1n) is 6.66. The summed E-state index contributed by atoms with van der Waals surface area (Å²) in [7, 11) is 0. The minimum Gasteiger partial charge on any atom is -0.465 e. The van der Waals surface area contributed by atoms with Crippen molar-refractivity contribution in [1.29, 1.82) is 0 Å². The van der Waals surface area contributed by atoms with Gasteiger partial charge in [-0.2, -0.15) is 5.10 Å². The van der Waals surface area contributed by atoms with E-state index < -0.39 is 6.04 Å². The standard InChI is InChI=1S/C15H19N3O2/c1-2-20-15(19)14(16)8-13-9-17-18(11-13)10-12-6-4-3-5-7-12/h3-7,9,11,14H,2,8,10,16H2,1H3. The number of ether oxygens (including phenoxy) is 1. The summed E-state index contributed by atoms with van der Waals surface area (Å²) < 4.78 is 6.72. The summed E-state index contributed by atoms with van der Waals surface area (Å²) in [6, 6.07) is 9.44. The lowest BCUT2D eigenvalue weighted by molar-refractivity contribution is -0.144. The van der Waals surface area contributed by atoms with Crippen LogP contribution in [-0.4, -0.2) is 28.4 Å². The van der Waals surface area contributed by atoms with Crippen LogP contribution in [0.3, 0.4) is 0 Å². The highest BCUT2D eigenvalue weighted by Crippen LogP contribution is 2.06. The second-order valence-electron chi connectivity index (χ2n) is 4.59. The molecule has 106 valence electrons. The molecule has 5 nitrogen and oxygen atoms in total. The number of esters is 1. The highest BCUT2D eigenvalue weighted by Gasteiger charge is 2.15. The lowest BCUT2D eigenvalue weighted by atomic mass is 10.1. The first-order chi connectivity index (χ1) is 9.69. The van der Waals surface area contributed by atoms with E-state index in [9.17, 15) is 4.79 Å². The van der Waals surface area contributed by atoms with E-state index in [1.54, 1.807) is 13.1 Å².